The number of rotatable bonds is 3. The van der Waals surface area contributed by atoms with Crippen molar-refractivity contribution in [3.63, 3.8) is 0 Å². The van der Waals surface area contributed by atoms with Crippen LogP contribution in [0, 0.1) is 0 Å². The minimum atomic E-state index is -0.376. The lowest BCUT2D eigenvalue weighted by Gasteiger charge is -2.29. The fourth-order valence-corrected chi connectivity index (χ4v) is 2.08. The van der Waals surface area contributed by atoms with Crippen molar-refractivity contribution in [1.29, 1.82) is 0 Å². The van der Waals surface area contributed by atoms with Crippen molar-refractivity contribution in [1.82, 2.24) is 5.32 Å². The molecular weight excluding hydrogens is 232 g/mol. The number of hydrogen-bond acceptors (Lipinski definition) is 5. The first-order chi connectivity index (χ1) is 8.76. The zero-order valence-corrected chi connectivity index (χ0v) is 10.7. The number of nitrogens with one attached hydrogen (secondary N) is 1. The molecule has 0 bridgehead atoms. The fraction of sp³-hybridized carbons (Fsp3) is 0.462. The van der Waals surface area contributed by atoms with Gasteiger partial charge < -0.3 is 19.7 Å². The van der Waals surface area contributed by atoms with Gasteiger partial charge in [-0.3, -0.25) is 0 Å². The normalized spacial score (nSPS) is 15.3. The van der Waals surface area contributed by atoms with Crippen molar-refractivity contribution in [3.05, 3.63) is 23.8 Å². The molecule has 18 heavy (non-hydrogen) atoms. The summed E-state index contributed by atoms with van der Waals surface area (Å²) in [7, 11) is 2.93. The maximum atomic E-state index is 11.6. The molecule has 1 aliphatic rings. The number of benzene rings is 1. The molecule has 1 saturated heterocycles. The second-order valence-corrected chi connectivity index (χ2v) is 4.11. The molecule has 0 amide bonds. The number of carbonyl (C=O) groups excluding carboxylic acids is 1. The molecule has 0 aromatic heterocycles. The maximum absolute atomic E-state index is 11.6. The van der Waals surface area contributed by atoms with Gasteiger partial charge in [0.1, 0.15) is 11.3 Å². The summed E-state index contributed by atoms with van der Waals surface area (Å²) in [4.78, 5) is 13.8. The van der Waals surface area contributed by atoms with Crippen molar-refractivity contribution < 1.29 is 14.3 Å². The van der Waals surface area contributed by atoms with E-state index < -0.39 is 0 Å². The van der Waals surface area contributed by atoms with Gasteiger partial charge in [0.05, 0.1) is 14.2 Å². The van der Waals surface area contributed by atoms with Gasteiger partial charge in [-0.15, -0.1) is 0 Å². The van der Waals surface area contributed by atoms with Gasteiger partial charge >= 0.3 is 5.97 Å². The first-order valence-corrected chi connectivity index (χ1v) is 5.98. The van der Waals surface area contributed by atoms with Gasteiger partial charge in [0.15, 0.2) is 0 Å². The zero-order chi connectivity index (χ0) is 13.0. The summed E-state index contributed by atoms with van der Waals surface area (Å²) in [5.74, 6) is 0.177. The standard InChI is InChI=1S/C13H18N2O3/c1-17-12-9-10(15-7-5-14-6-8-15)3-4-11(12)13(16)18-2/h3-4,9,14H,5-8H2,1-2H3. The van der Waals surface area contributed by atoms with Gasteiger partial charge in [-0.2, -0.15) is 0 Å². The number of hydrogen-bond donors (Lipinski definition) is 1. The lowest BCUT2D eigenvalue weighted by atomic mass is 10.1. The van der Waals surface area contributed by atoms with Crippen LogP contribution in [-0.4, -0.2) is 46.4 Å². The Kier molecular flexibility index (Phi) is 4.04. The van der Waals surface area contributed by atoms with Crippen LogP contribution in [0.1, 0.15) is 10.4 Å². The molecule has 0 saturated carbocycles. The largest absolute Gasteiger partial charge is 0.496 e. The van der Waals surface area contributed by atoms with Crippen LogP contribution in [-0.2, 0) is 4.74 Å². The van der Waals surface area contributed by atoms with E-state index >= 15 is 0 Å². The smallest absolute Gasteiger partial charge is 0.341 e. The van der Waals surface area contributed by atoms with Crippen LogP contribution < -0.4 is 15.0 Å². The Morgan fingerprint density at radius 1 is 1.28 bits per heavy atom. The molecule has 5 heteroatoms. The van der Waals surface area contributed by atoms with Gasteiger partial charge in [0.25, 0.3) is 0 Å². The van der Waals surface area contributed by atoms with Crippen LogP contribution >= 0.6 is 0 Å². The minimum Gasteiger partial charge on any atom is -0.496 e. The van der Waals surface area contributed by atoms with E-state index in [1.54, 1.807) is 13.2 Å². The van der Waals surface area contributed by atoms with Crippen LogP contribution in [0.4, 0.5) is 5.69 Å². The topological polar surface area (TPSA) is 50.8 Å². The predicted octanol–water partition coefficient (Wildman–Crippen LogP) is 0.891. The Balaban J connectivity index is 2.26. The van der Waals surface area contributed by atoms with Gasteiger partial charge in [0, 0.05) is 37.9 Å². The van der Waals surface area contributed by atoms with Crippen LogP contribution in [0.15, 0.2) is 18.2 Å². The highest BCUT2D eigenvalue weighted by molar-refractivity contribution is 5.93. The van der Waals surface area contributed by atoms with Crippen LogP contribution in [0.3, 0.4) is 0 Å². The van der Waals surface area contributed by atoms with E-state index in [2.05, 4.69) is 10.2 Å². The second-order valence-electron chi connectivity index (χ2n) is 4.11. The molecule has 0 aliphatic carbocycles. The summed E-state index contributed by atoms with van der Waals surface area (Å²) in [5, 5.41) is 3.30. The summed E-state index contributed by atoms with van der Waals surface area (Å²) in [6, 6.07) is 5.57. The molecule has 1 aromatic rings. The summed E-state index contributed by atoms with van der Waals surface area (Å²) in [5.41, 5.74) is 1.53. The molecule has 0 radical (unpaired) electrons. The molecule has 2 rings (SSSR count). The van der Waals surface area contributed by atoms with E-state index in [9.17, 15) is 4.79 Å². The number of esters is 1. The minimum absolute atomic E-state index is 0.376. The van der Waals surface area contributed by atoms with Gasteiger partial charge in [-0.05, 0) is 12.1 Å². The highest BCUT2D eigenvalue weighted by Gasteiger charge is 2.16. The quantitative estimate of drug-likeness (QED) is 0.807. The lowest BCUT2D eigenvalue weighted by molar-refractivity contribution is 0.0597. The highest BCUT2D eigenvalue weighted by atomic mass is 16.5. The maximum Gasteiger partial charge on any atom is 0.341 e. The van der Waals surface area contributed by atoms with Crippen molar-refractivity contribution in [2.45, 2.75) is 0 Å². The van der Waals surface area contributed by atoms with Crippen molar-refractivity contribution >= 4 is 11.7 Å². The Bertz CT molecular complexity index is 428. The molecule has 1 heterocycles. The van der Waals surface area contributed by atoms with Crippen LogP contribution in [0.25, 0.3) is 0 Å². The summed E-state index contributed by atoms with van der Waals surface area (Å²) < 4.78 is 9.98. The van der Waals surface area contributed by atoms with E-state index in [4.69, 9.17) is 9.47 Å². The van der Waals surface area contributed by atoms with Gasteiger partial charge in [-0.25, -0.2) is 4.79 Å². The first-order valence-electron chi connectivity index (χ1n) is 5.98. The average molecular weight is 250 g/mol. The van der Waals surface area contributed by atoms with E-state index in [1.807, 2.05) is 12.1 Å². The monoisotopic (exact) mass is 250 g/mol. The van der Waals surface area contributed by atoms with E-state index in [1.165, 1.54) is 7.11 Å². The summed E-state index contributed by atoms with van der Waals surface area (Å²) in [6.07, 6.45) is 0. The number of carbonyl (C=O) groups is 1. The Labute approximate surface area is 107 Å². The van der Waals surface area contributed by atoms with Gasteiger partial charge in [-0.1, -0.05) is 0 Å². The molecule has 98 valence electrons. The Hall–Kier alpha value is -1.75. The molecule has 0 atom stereocenters. The van der Waals surface area contributed by atoms with E-state index in [0.717, 1.165) is 31.9 Å². The third-order valence-electron chi connectivity index (χ3n) is 3.07. The van der Waals surface area contributed by atoms with Gasteiger partial charge in [0.2, 0.25) is 0 Å². The number of nitrogens with zero attached hydrogens (tertiary/aromatic N) is 1. The van der Waals surface area contributed by atoms with Crippen LogP contribution in [0.2, 0.25) is 0 Å². The third-order valence-corrected chi connectivity index (χ3v) is 3.07. The van der Waals surface area contributed by atoms with E-state index in [0.29, 0.717) is 11.3 Å². The van der Waals surface area contributed by atoms with Crippen molar-refractivity contribution in [2.75, 3.05) is 45.3 Å². The molecule has 0 spiro atoms. The van der Waals surface area contributed by atoms with Crippen molar-refractivity contribution in [2.24, 2.45) is 0 Å². The molecule has 5 nitrogen and oxygen atoms in total. The molecule has 0 unspecified atom stereocenters. The van der Waals surface area contributed by atoms with Crippen molar-refractivity contribution in [3.8, 4) is 5.75 Å². The Morgan fingerprint density at radius 3 is 2.61 bits per heavy atom. The van der Waals surface area contributed by atoms with E-state index in [-0.39, 0.29) is 5.97 Å². The molecule has 1 aromatic carbocycles. The average Bonchev–Trinajstić information content (AvgIpc) is 2.46. The number of methoxy groups -OCH3 is 2. The molecule has 1 aliphatic heterocycles. The van der Waals surface area contributed by atoms with Crippen LogP contribution in [0.5, 0.6) is 5.75 Å². The number of ether oxygens (including phenoxy) is 2. The predicted molar refractivity (Wildman–Crippen MR) is 69.4 cm³/mol. The summed E-state index contributed by atoms with van der Waals surface area (Å²) in [6.45, 7) is 3.86. The number of piperazine rings is 1. The zero-order valence-electron chi connectivity index (χ0n) is 10.7. The second kappa shape index (κ2) is 5.73. The fourth-order valence-electron chi connectivity index (χ4n) is 2.08. The lowest BCUT2D eigenvalue weighted by Crippen LogP contribution is -2.43. The SMILES string of the molecule is COC(=O)c1ccc(N2CCNCC2)cc1OC. The third kappa shape index (κ3) is 2.56. The number of anilines is 1. The highest BCUT2D eigenvalue weighted by Crippen LogP contribution is 2.26. The molecule has 1 fully saturated rings. The molecule has 1 N–H and O–H groups in total. The summed E-state index contributed by atoms with van der Waals surface area (Å²) >= 11 is 0. The Morgan fingerprint density at radius 2 is 2.00 bits per heavy atom. The first kappa shape index (κ1) is 12.7. The molecular formula is C13H18N2O3.